The summed E-state index contributed by atoms with van der Waals surface area (Å²) in [6, 6.07) is 13.1. The number of ether oxygens (including phenoxy) is 1. The van der Waals surface area contributed by atoms with Gasteiger partial charge in [0.25, 0.3) is 0 Å². The highest BCUT2D eigenvalue weighted by atomic mass is 16.5. The van der Waals surface area contributed by atoms with Crippen molar-refractivity contribution in [1.82, 2.24) is 16.0 Å². The van der Waals surface area contributed by atoms with E-state index < -0.39 is 61.3 Å². The van der Waals surface area contributed by atoms with Crippen LogP contribution in [0.5, 0.6) is 0 Å². The predicted molar refractivity (Wildman–Crippen MR) is 128 cm³/mol. The van der Waals surface area contributed by atoms with E-state index in [1.165, 1.54) is 6.92 Å². The monoisotopic (exact) mass is 496 g/mol. The van der Waals surface area contributed by atoms with Crippen molar-refractivity contribution >= 4 is 29.6 Å². The third-order valence-corrected chi connectivity index (χ3v) is 5.72. The van der Waals surface area contributed by atoms with Crippen LogP contribution < -0.4 is 21.7 Å². The van der Waals surface area contributed by atoms with Crippen molar-refractivity contribution in [2.45, 2.75) is 31.3 Å². The Kier molecular flexibility index (Phi) is 8.74. The van der Waals surface area contributed by atoms with E-state index in [2.05, 4.69) is 16.0 Å². The molecule has 2 aromatic rings. The maximum atomic E-state index is 12.5. The Morgan fingerprint density at radius 2 is 1.53 bits per heavy atom. The molecule has 11 heteroatoms. The SMILES string of the molecule is CC(=O)N[C@@H](CO)C(=O)NCC(=O)N[C@@H](CC(=O)OCC1c2ccccc2-c2ccccc21)C(N)=O. The summed E-state index contributed by atoms with van der Waals surface area (Å²) >= 11 is 0. The Morgan fingerprint density at radius 3 is 2.06 bits per heavy atom. The van der Waals surface area contributed by atoms with Crippen LogP contribution in [-0.2, 0) is 28.7 Å². The summed E-state index contributed by atoms with van der Waals surface area (Å²) in [7, 11) is 0. The number of nitrogens with one attached hydrogen (secondary N) is 3. The van der Waals surface area contributed by atoms with Gasteiger partial charge in [0.2, 0.25) is 23.6 Å². The zero-order valence-electron chi connectivity index (χ0n) is 19.7. The number of fused-ring (bicyclic) bond motifs is 3. The second kappa shape index (κ2) is 11.9. The normalized spacial score (nSPS) is 13.5. The maximum absolute atomic E-state index is 12.5. The van der Waals surface area contributed by atoms with Gasteiger partial charge in [0, 0.05) is 12.8 Å². The van der Waals surface area contributed by atoms with Crippen molar-refractivity contribution in [3.05, 3.63) is 59.7 Å². The van der Waals surface area contributed by atoms with Crippen molar-refractivity contribution in [2.75, 3.05) is 19.8 Å². The molecular weight excluding hydrogens is 468 g/mol. The smallest absolute Gasteiger partial charge is 0.308 e. The third kappa shape index (κ3) is 6.45. The molecule has 0 saturated heterocycles. The van der Waals surface area contributed by atoms with E-state index in [0.717, 1.165) is 22.3 Å². The molecule has 1 aliphatic carbocycles. The van der Waals surface area contributed by atoms with Gasteiger partial charge < -0.3 is 31.5 Å². The largest absolute Gasteiger partial charge is 0.465 e. The first kappa shape index (κ1) is 26.4. The highest BCUT2D eigenvalue weighted by Crippen LogP contribution is 2.44. The van der Waals surface area contributed by atoms with Gasteiger partial charge in [-0.15, -0.1) is 0 Å². The lowest BCUT2D eigenvalue weighted by Gasteiger charge is -2.18. The molecule has 2 atom stereocenters. The van der Waals surface area contributed by atoms with Crippen LogP contribution in [0.1, 0.15) is 30.4 Å². The standard InChI is InChI=1S/C25H28N4O7/c1-14(31)28-21(12-30)25(35)27-11-22(32)29-20(24(26)34)10-23(33)36-13-19-17-8-4-2-6-15(17)16-7-3-5-9-18(16)19/h2-9,19-21,30H,10-13H2,1H3,(H2,26,34)(H,27,35)(H,28,31)(H,29,32)/t20-,21-/m0/s1. The van der Waals surface area contributed by atoms with Crippen LogP contribution in [0, 0.1) is 0 Å². The zero-order chi connectivity index (χ0) is 26.2. The maximum Gasteiger partial charge on any atom is 0.308 e. The molecule has 6 N–H and O–H groups in total. The van der Waals surface area contributed by atoms with Crippen molar-refractivity contribution in [3.8, 4) is 11.1 Å². The van der Waals surface area contributed by atoms with E-state index in [1.807, 2.05) is 48.5 Å². The number of hydrogen-bond donors (Lipinski definition) is 5. The van der Waals surface area contributed by atoms with Crippen LogP contribution in [0.25, 0.3) is 11.1 Å². The average Bonchev–Trinajstić information content (AvgIpc) is 3.17. The summed E-state index contributed by atoms with van der Waals surface area (Å²) in [6.07, 6.45) is -0.490. The number of amides is 4. The second-order valence-corrected chi connectivity index (χ2v) is 8.29. The van der Waals surface area contributed by atoms with Crippen molar-refractivity contribution in [2.24, 2.45) is 5.73 Å². The summed E-state index contributed by atoms with van der Waals surface area (Å²) in [5.74, 6) is -3.97. The summed E-state index contributed by atoms with van der Waals surface area (Å²) in [4.78, 5) is 59.5. The number of carbonyl (C=O) groups excluding carboxylic acids is 5. The first-order chi connectivity index (χ1) is 17.2. The summed E-state index contributed by atoms with van der Waals surface area (Å²) in [5, 5.41) is 15.9. The molecule has 0 saturated carbocycles. The minimum atomic E-state index is -1.35. The van der Waals surface area contributed by atoms with Gasteiger partial charge in [0.15, 0.2) is 0 Å². The number of primary amides is 1. The Hall–Kier alpha value is -4.25. The second-order valence-electron chi connectivity index (χ2n) is 8.29. The highest BCUT2D eigenvalue weighted by molar-refractivity contribution is 5.93. The van der Waals surface area contributed by atoms with Gasteiger partial charge in [-0.3, -0.25) is 24.0 Å². The molecule has 190 valence electrons. The molecule has 11 nitrogen and oxygen atoms in total. The molecule has 0 aromatic heterocycles. The van der Waals surface area contributed by atoms with Gasteiger partial charge >= 0.3 is 5.97 Å². The van der Waals surface area contributed by atoms with E-state index in [4.69, 9.17) is 10.5 Å². The first-order valence-electron chi connectivity index (χ1n) is 11.3. The lowest BCUT2D eigenvalue weighted by atomic mass is 9.98. The molecule has 36 heavy (non-hydrogen) atoms. The van der Waals surface area contributed by atoms with E-state index >= 15 is 0 Å². The number of aliphatic hydroxyl groups is 1. The fraction of sp³-hybridized carbons (Fsp3) is 0.320. The zero-order valence-corrected chi connectivity index (χ0v) is 19.7. The Bertz CT molecular complexity index is 1120. The van der Waals surface area contributed by atoms with Crippen LogP contribution in [0.4, 0.5) is 0 Å². The fourth-order valence-corrected chi connectivity index (χ4v) is 4.04. The molecule has 2 aromatic carbocycles. The van der Waals surface area contributed by atoms with Crippen molar-refractivity contribution in [3.63, 3.8) is 0 Å². The predicted octanol–water partition coefficient (Wildman–Crippen LogP) is -0.684. The highest BCUT2D eigenvalue weighted by Gasteiger charge is 2.30. The van der Waals surface area contributed by atoms with Gasteiger partial charge in [-0.05, 0) is 22.3 Å². The first-order valence-corrected chi connectivity index (χ1v) is 11.3. The van der Waals surface area contributed by atoms with E-state index in [1.54, 1.807) is 0 Å². The third-order valence-electron chi connectivity index (χ3n) is 5.72. The lowest BCUT2D eigenvalue weighted by Crippen LogP contribution is -2.52. The molecule has 0 bridgehead atoms. The number of nitrogens with two attached hydrogens (primary N) is 1. The quantitative estimate of drug-likeness (QED) is 0.256. The van der Waals surface area contributed by atoms with Crippen molar-refractivity contribution in [1.29, 1.82) is 0 Å². The van der Waals surface area contributed by atoms with Crippen LogP contribution in [0.3, 0.4) is 0 Å². The molecule has 0 aliphatic heterocycles. The van der Waals surface area contributed by atoms with Crippen LogP contribution in [0.15, 0.2) is 48.5 Å². The van der Waals surface area contributed by atoms with Crippen LogP contribution in [0.2, 0.25) is 0 Å². The number of benzene rings is 2. The molecule has 0 spiro atoms. The van der Waals surface area contributed by atoms with Gasteiger partial charge in [-0.25, -0.2) is 0 Å². The molecule has 0 unspecified atom stereocenters. The van der Waals surface area contributed by atoms with Gasteiger partial charge in [0.05, 0.1) is 19.6 Å². The number of aliphatic hydroxyl groups excluding tert-OH is 1. The number of rotatable bonds is 11. The molecule has 1 aliphatic rings. The number of carbonyl (C=O) groups is 5. The lowest BCUT2D eigenvalue weighted by molar-refractivity contribution is -0.146. The molecule has 4 amide bonds. The van der Waals surface area contributed by atoms with Gasteiger partial charge in [0.1, 0.15) is 18.7 Å². The molecule has 0 radical (unpaired) electrons. The fourth-order valence-electron chi connectivity index (χ4n) is 4.04. The van der Waals surface area contributed by atoms with Crippen LogP contribution in [-0.4, -0.2) is 66.5 Å². The Balaban J connectivity index is 1.53. The number of hydrogen-bond acceptors (Lipinski definition) is 7. The summed E-state index contributed by atoms with van der Waals surface area (Å²) in [5.41, 5.74) is 9.53. The average molecular weight is 497 g/mol. The van der Waals surface area contributed by atoms with Gasteiger partial charge in [-0.1, -0.05) is 48.5 Å². The summed E-state index contributed by atoms with van der Waals surface area (Å²) < 4.78 is 5.45. The number of esters is 1. The van der Waals surface area contributed by atoms with Crippen LogP contribution >= 0.6 is 0 Å². The topological polar surface area (TPSA) is 177 Å². The minimum absolute atomic E-state index is 0.0496. The van der Waals surface area contributed by atoms with Gasteiger partial charge in [-0.2, -0.15) is 0 Å². The van der Waals surface area contributed by atoms with E-state index in [0.29, 0.717) is 0 Å². The molecule has 3 rings (SSSR count). The van der Waals surface area contributed by atoms with E-state index in [9.17, 15) is 29.1 Å². The summed E-state index contributed by atoms with van der Waals surface area (Å²) in [6.45, 7) is -0.0143. The minimum Gasteiger partial charge on any atom is -0.465 e. The molecule has 0 heterocycles. The van der Waals surface area contributed by atoms with E-state index in [-0.39, 0.29) is 12.5 Å². The molecule has 0 fully saturated rings. The van der Waals surface area contributed by atoms with Crippen molar-refractivity contribution < 1.29 is 33.8 Å². The molecular formula is C25H28N4O7. The Labute approximate surface area is 207 Å². The Morgan fingerprint density at radius 1 is 0.944 bits per heavy atom.